The fourth-order valence-electron chi connectivity index (χ4n) is 1.88. The molecule has 1 rings (SSSR count). The van der Waals surface area contributed by atoms with Gasteiger partial charge in [-0.15, -0.1) is 0 Å². The molecular formula is C15H25NO2. The molecule has 0 saturated carbocycles. The van der Waals surface area contributed by atoms with Crippen molar-refractivity contribution >= 4 is 0 Å². The Morgan fingerprint density at radius 2 is 2.06 bits per heavy atom. The molecule has 1 aromatic carbocycles. The standard InChI is InChI=1S/C15H25NO2/c1-5-16-13(4)14-7-6-11(2)10-15(14)18-9-8-12(3)17/h6-7,10,12-13,16-17H,5,8-9H2,1-4H3. The lowest BCUT2D eigenvalue weighted by molar-refractivity contribution is 0.155. The van der Waals surface area contributed by atoms with E-state index >= 15 is 0 Å². The first-order chi connectivity index (χ1) is 8.54. The molecule has 0 aromatic heterocycles. The third kappa shape index (κ3) is 4.67. The molecule has 2 atom stereocenters. The average Bonchev–Trinajstić information content (AvgIpc) is 2.29. The molecule has 0 aliphatic carbocycles. The van der Waals surface area contributed by atoms with Crippen LogP contribution in [0, 0.1) is 6.92 Å². The Morgan fingerprint density at radius 3 is 2.67 bits per heavy atom. The second-order valence-corrected chi connectivity index (χ2v) is 4.81. The molecule has 102 valence electrons. The monoisotopic (exact) mass is 251 g/mol. The van der Waals surface area contributed by atoms with E-state index in [9.17, 15) is 5.11 Å². The van der Waals surface area contributed by atoms with E-state index < -0.39 is 0 Å². The number of benzene rings is 1. The van der Waals surface area contributed by atoms with E-state index in [1.807, 2.05) is 0 Å². The first kappa shape index (κ1) is 15.0. The van der Waals surface area contributed by atoms with Gasteiger partial charge in [-0.05, 0) is 38.9 Å². The van der Waals surface area contributed by atoms with Crippen LogP contribution in [-0.4, -0.2) is 24.4 Å². The van der Waals surface area contributed by atoms with E-state index in [0.717, 1.165) is 12.3 Å². The summed E-state index contributed by atoms with van der Waals surface area (Å²) in [6.07, 6.45) is 0.340. The van der Waals surface area contributed by atoms with Crippen LogP contribution >= 0.6 is 0 Å². The Labute approximate surface area is 110 Å². The predicted octanol–water partition coefficient (Wildman–Crippen LogP) is 2.82. The first-order valence-corrected chi connectivity index (χ1v) is 6.69. The minimum absolute atomic E-state index is 0.275. The molecule has 1 aromatic rings. The largest absolute Gasteiger partial charge is 0.493 e. The summed E-state index contributed by atoms with van der Waals surface area (Å²) in [5, 5.41) is 12.6. The summed E-state index contributed by atoms with van der Waals surface area (Å²) >= 11 is 0. The van der Waals surface area contributed by atoms with Crippen molar-refractivity contribution in [2.45, 2.75) is 46.3 Å². The summed E-state index contributed by atoms with van der Waals surface area (Å²) < 4.78 is 5.80. The van der Waals surface area contributed by atoms with E-state index in [1.54, 1.807) is 6.92 Å². The molecule has 0 spiro atoms. The highest BCUT2D eigenvalue weighted by Crippen LogP contribution is 2.26. The summed E-state index contributed by atoms with van der Waals surface area (Å²) in [5.74, 6) is 0.920. The van der Waals surface area contributed by atoms with E-state index in [4.69, 9.17) is 4.74 Å². The van der Waals surface area contributed by atoms with Crippen molar-refractivity contribution in [3.8, 4) is 5.75 Å². The average molecular weight is 251 g/mol. The second kappa shape index (κ2) is 7.39. The van der Waals surface area contributed by atoms with Crippen molar-refractivity contribution in [2.75, 3.05) is 13.2 Å². The molecule has 0 radical (unpaired) electrons. The van der Waals surface area contributed by atoms with Gasteiger partial charge >= 0.3 is 0 Å². The maximum absolute atomic E-state index is 9.26. The highest BCUT2D eigenvalue weighted by Gasteiger charge is 2.11. The number of hydrogen-bond acceptors (Lipinski definition) is 3. The van der Waals surface area contributed by atoms with Crippen LogP contribution in [0.1, 0.15) is 44.4 Å². The van der Waals surface area contributed by atoms with Gasteiger partial charge in [0.2, 0.25) is 0 Å². The molecule has 0 saturated heterocycles. The molecule has 0 heterocycles. The molecule has 0 aliphatic heterocycles. The third-order valence-corrected chi connectivity index (χ3v) is 2.94. The Balaban J connectivity index is 2.76. The minimum atomic E-state index is -0.315. The number of ether oxygens (including phenoxy) is 1. The molecule has 0 bridgehead atoms. The Kier molecular flexibility index (Phi) is 6.16. The van der Waals surface area contributed by atoms with Gasteiger partial charge in [0.1, 0.15) is 5.75 Å². The third-order valence-electron chi connectivity index (χ3n) is 2.94. The van der Waals surface area contributed by atoms with Gasteiger partial charge in [-0.25, -0.2) is 0 Å². The lowest BCUT2D eigenvalue weighted by Gasteiger charge is -2.18. The van der Waals surface area contributed by atoms with Crippen molar-refractivity contribution in [1.29, 1.82) is 0 Å². The van der Waals surface area contributed by atoms with Gasteiger partial charge in [-0.1, -0.05) is 19.1 Å². The second-order valence-electron chi connectivity index (χ2n) is 4.81. The molecular weight excluding hydrogens is 226 g/mol. The normalized spacial score (nSPS) is 14.3. The summed E-state index contributed by atoms with van der Waals surface area (Å²) in [5.41, 5.74) is 2.36. The van der Waals surface area contributed by atoms with Crippen LogP contribution in [0.5, 0.6) is 5.75 Å². The molecule has 0 amide bonds. The van der Waals surface area contributed by atoms with Crippen molar-refractivity contribution < 1.29 is 9.84 Å². The van der Waals surface area contributed by atoms with Gasteiger partial charge < -0.3 is 15.2 Å². The van der Waals surface area contributed by atoms with Gasteiger partial charge in [0, 0.05) is 18.0 Å². The molecule has 0 aliphatic rings. The summed E-state index contributed by atoms with van der Waals surface area (Å²) in [6, 6.07) is 6.55. The zero-order valence-electron chi connectivity index (χ0n) is 11.9. The van der Waals surface area contributed by atoms with Crippen LogP contribution in [0.25, 0.3) is 0 Å². The van der Waals surface area contributed by atoms with Crippen molar-refractivity contribution in [1.82, 2.24) is 5.32 Å². The molecule has 0 fully saturated rings. The van der Waals surface area contributed by atoms with Gasteiger partial charge in [-0.3, -0.25) is 0 Å². The molecule has 3 heteroatoms. The van der Waals surface area contributed by atoms with E-state index in [-0.39, 0.29) is 12.1 Å². The molecule has 2 N–H and O–H groups in total. The molecule has 3 nitrogen and oxygen atoms in total. The van der Waals surface area contributed by atoms with Crippen molar-refractivity contribution in [2.24, 2.45) is 0 Å². The molecule has 2 unspecified atom stereocenters. The fourth-order valence-corrected chi connectivity index (χ4v) is 1.88. The molecule has 18 heavy (non-hydrogen) atoms. The number of hydrogen-bond donors (Lipinski definition) is 2. The quantitative estimate of drug-likeness (QED) is 0.783. The number of aryl methyl sites for hydroxylation is 1. The highest BCUT2D eigenvalue weighted by molar-refractivity contribution is 5.39. The van der Waals surface area contributed by atoms with Crippen molar-refractivity contribution in [3.05, 3.63) is 29.3 Å². The maximum Gasteiger partial charge on any atom is 0.124 e. The van der Waals surface area contributed by atoms with E-state index in [2.05, 4.69) is 44.3 Å². The Bertz CT molecular complexity index is 364. The predicted molar refractivity (Wildman–Crippen MR) is 75.1 cm³/mol. The van der Waals surface area contributed by atoms with Gasteiger partial charge in [-0.2, -0.15) is 0 Å². The smallest absolute Gasteiger partial charge is 0.124 e. The van der Waals surface area contributed by atoms with Crippen LogP contribution in [0.4, 0.5) is 0 Å². The minimum Gasteiger partial charge on any atom is -0.493 e. The Morgan fingerprint density at radius 1 is 1.33 bits per heavy atom. The number of nitrogens with one attached hydrogen (secondary N) is 1. The summed E-state index contributed by atoms with van der Waals surface area (Å²) in [7, 11) is 0. The van der Waals surface area contributed by atoms with Crippen LogP contribution in [0.15, 0.2) is 18.2 Å². The van der Waals surface area contributed by atoms with Crippen molar-refractivity contribution in [3.63, 3.8) is 0 Å². The zero-order chi connectivity index (χ0) is 13.5. The summed E-state index contributed by atoms with van der Waals surface area (Å²) in [6.45, 7) is 9.55. The van der Waals surface area contributed by atoms with Crippen LogP contribution in [0.2, 0.25) is 0 Å². The van der Waals surface area contributed by atoms with Gasteiger partial charge in [0.05, 0.1) is 12.7 Å². The van der Waals surface area contributed by atoms with E-state index in [1.165, 1.54) is 11.1 Å². The SMILES string of the molecule is CCNC(C)c1ccc(C)cc1OCCC(C)O. The topological polar surface area (TPSA) is 41.5 Å². The zero-order valence-corrected chi connectivity index (χ0v) is 11.9. The number of aliphatic hydroxyl groups is 1. The van der Waals surface area contributed by atoms with E-state index in [0.29, 0.717) is 13.0 Å². The lowest BCUT2D eigenvalue weighted by atomic mass is 10.0. The van der Waals surface area contributed by atoms with Crippen LogP contribution in [0.3, 0.4) is 0 Å². The lowest BCUT2D eigenvalue weighted by Crippen LogP contribution is -2.19. The van der Waals surface area contributed by atoms with Crippen LogP contribution < -0.4 is 10.1 Å². The highest BCUT2D eigenvalue weighted by atomic mass is 16.5. The van der Waals surface area contributed by atoms with Gasteiger partial charge in [0.25, 0.3) is 0 Å². The Hall–Kier alpha value is -1.06. The van der Waals surface area contributed by atoms with Crippen LogP contribution in [-0.2, 0) is 0 Å². The van der Waals surface area contributed by atoms with Gasteiger partial charge in [0.15, 0.2) is 0 Å². The summed E-state index contributed by atoms with van der Waals surface area (Å²) in [4.78, 5) is 0. The maximum atomic E-state index is 9.26. The first-order valence-electron chi connectivity index (χ1n) is 6.69. The number of aliphatic hydroxyl groups excluding tert-OH is 1. The fraction of sp³-hybridized carbons (Fsp3) is 0.600. The number of rotatable bonds is 7.